The highest BCUT2D eigenvalue weighted by Crippen LogP contribution is 2.30. The van der Waals surface area contributed by atoms with Crippen molar-refractivity contribution in [3.05, 3.63) is 59.7 Å². The molecule has 3 rings (SSSR count). The number of alkyl halides is 3. The molecule has 0 radical (unpaired) electrons. The lowest BCUT2D eigenvalue weighted by Crippen LogP contribution is -2.34. The highest BCUT2D eigenvalue weighted by Gasteiger charge is 2.30. The number of ether oxygens (including phenoxy) is 3. The highest BCUT2D eigenvalue weighted by atomic mass is 19.4. The first kappa shape index (κ1) is 25.0. The quantitative estimate of drug-likeness (QED) is 0.535. The molecule has 2 amide bonds. The maximum absolute atomic E-state index is 12.7. The molecule has 1 fully saturated rings. The van der Waals surface area contributed by atoms with E-state index in [9.17, 15) is 27.6 Å². The Morgan fingerprint density at radius 3 is 2.47 bits per heavy atom. The Balaban J connectivity index is 1.40. The van der Waals surface area contributed by atoms with Crippen LogP contribution in [-0.2, 0) is 25.2 Å². The van der Waals surface area contributed by atoms with Crippen LogP contribution < -0.4 is 15.4 Å². The molecule has 8 nitrogen and oxygen atoms in total. The van der Waals surface area contributed by atoms with E-state index < -0.39 is 42.7 Å². The third-order valence-electron chi connectivity index (χ3n) is 4.82. The molecule has 0 saturated carbocycles. The van der Waals surface area contributed by atoms with Crippen molar-refractivity contribution in [1.29, 1.82) is 0 Å². The van der Waals surface area contributed by atoms with E-state index in [-0.39, 0.29) is 23.1 Å². The molecule has 11 heteroatoms. The highest BCUT2D eigenvalue weighted by molar-refractivity contribution is 5.92. The van der Waals surface area contributed by atoms with Gasteiger partial charge in [-0.2, -0.15) is 13.2 Å². The van der Waals surface area contributed by atoms with Gasteiger partial charge in [-0.1, -0.05) is 6.07 Å². The Labute approximate surface area is 193 Å². The molecular weight excluding hydrogens is 457 g/mol. The minimum atomic E-state index is -4.52. The molecule has 1 aliphatic rings. The molecule has 0 aliphatic carbocycles. The van der Waals surface area contributed by atoms with Crippen LogP contribution in [0.1, 0.15) is 28.8 Å². The predicted octanol–water partition coefficient (Wildman–Crippen LogP) is 3.17. The van der Waals surface area contributed by atoms with Gasteiger partial charge in [-0.05, 0) is 55.3 Å². The fourth-order valence-corrected chi connectivity index (χ4v) is 3.10. The molecule has 182 valence electrons. The van der Waals surface area contributed by atoms with Crippen LogP contribution in [-0.4, -0.2) is 50.3 Å². The van der Waals surface area contributed by atoms with Crippen LogP contribution in [0.5, 0.6) is 5.75 Å². The number of benzene rings is 2. The summed E-state index contributed by atoms with van der Waals surface area (Å²) in [7, 11) is 0. The number of hydrogen-bond donors (Lipinski definition) is 2. The van der Waals surface area contributed by atoms with E-state index in [2.05, 4.69) is 10.6 Å². The molecule has 0 bridgehead atoms. The van der Waals surface area contributed by atoms with Crippen LogP contribution in [0.25, 0.3) is 0 Å². The number of nitrogens with one attached hydrogen (secondary N) is 2. The first-order chi connectivity index (χ1) is 16.2. The molecular formula is C23H23F3N2O6. The predicted molar refractivity (Wildman–Crippen MR) is 114 cm³/mol. The van der Waals surface area contributed by atoms with E-state index in [1.54, 1.807) is 0 Å². The second kappa shape index (κ2) is 11.5. The molecule has 0 spiro atoms. The van der Waals surface area contributed by atoms with Crippen molar-refractivity contribution in [1.82, 2.24) is 5.32 Å². The largest absolute Gasteiger partial charge is 0.484 e. The molecule has 1 saturated heterocycles. The van der Waals surface area contributed by atoms with Crippen molar-refractivity contribution in [2.24, 2.45) is 0 Å². The Kier molecular flexibility index (Phi) is 8.47. The van der Waals surface area contributed by atoms with E-state index in [0.717, 1.165) is 25.0 Å². The first-order valence-electron chi connectivity index (χ1n) is 10.5. The summed E-state index contributed by atoms with van der Waals surface area (Å²) >= 11 is 0. The van der Waals surface area contributed by atoms with Crippen molar-refractivity contribution in [3.8, 4) is 5.75 Å². The number of esters is 1. The van der Waals surface area contributed by atoms with Gasteiger partial charge in [-0.3, -0.25) is 9.59 Å². The number of carbonyl (C=O) groups is 3. The van der Waals surface area contributed by atoms with Crippen molar-refractivity contribution in [3.63, 3.8) is 0 Å². The van der Waals surface area contributed by atoms with Gasteiger partial charge < -0.3 is 24.8 Å². The van der Waals surface area contributed by atoms with E-state index in [4.69, 9.17) is 14.2 Å². The zero-order valence-corrected chi connectivity index (χ0v) is 18.0. The normalized spacial score (nSPS) is 15.4. The van der Waals surface area contributed by atoms with Crippen LogP contribution in [0.3, 0.4) is 0 Å². The number of hydrogen-bond acceptors (Lipinski definition) is 6. The molecule has 0 unspecified atom stereocenters. The van der Waals surface area contributed by atoms with Gasteiger partial charge in [0.25, 0.3) is 11.8 Å². The van der Waals surface area contributed by atoms with Gasteiger partial charge in [0.05, 0.1) is 17.2 Å². The van der Waals surface area contributed by atoms with Crippen molar-refractivity contribution < 1.29 is 41.8 Å². The Bertz CT molecular complexity index is 1000. The lowest BCUT2D eigenvalue weighted by molar-refractivity contribution is -0.137. The molecule has 34 heavy (non-hydrogen) atoms. The van der Waals surface area contributed by atoms with Crippen molar-refractivity contribution in [2.75, 3.05) is 31.7 Å². The number of amides is 2. The van der Waals surface area contributed by atoms with Crippen molar-refractivity contribution >= 4 is 23.5 Å². The number of carbonyl (C=O) groups excluding carboxylic acids is 3. The van der Waals surface area contributed by atoms with Crippen LogP contribution in [0.4, 0.5) is 18.9 Å². The summed E-state index contributed by atoms with van der Waals surface area (Å²) in [6.45, 7) is 0.157. The Morgan fingerprint density at radius 1 is 1.03 bits per heavy atom. The second-order valence-corrected chi connectivity index (χ2v) is 7.46. The maximum Gasteiger partial charge on any atom is 0.416 e. The monoisotopic (exact) mass is 480 g/mol. The van der Waals surface area contributed by atoms with Crippen LogP contribution in [0.15, 0.2) is 48.5 Å². The average molecular weight is 480 g/mol. The van der Waals surface area contributed by atoms with Gasteiger partial charge in [0.1, 0.15) is 5.75 Å². The van der Waals surface area contributed by atoms with Crippen LogP contribution in [0.2, 0.25) is 0 Å². The molecule has 1 heterocycles. The fraction of sp³-hybridized carbons (Fsp3) is 0.348. The third kappa shape index (κ3) is 7.77. The Morgan fingerprint density at radius 2 is 1.79 bits per heavy atom. The van der Waals surface area contributed by atoms with Gasteiger partial charge in [-0.15, -0.1) is 0 Å². The number of halogens is 3. The smallest absolute Gasteiger partial charge is 0.416 e. The van der Waals surface area contributed by atoms with Crippen molar-refractivity contribution in [2.45, 2.75) is 25.1 Å². The summed E-state index contributed by atoms with van der Waals surface area (Å²) < 4.78 is 53.9. The minimum absolute atomic E-state index is 0.0127. The molecule has 2 aromatic rings. The van der Waals surface area contributed by atoms with E-state index >= 15 is 0 Å². The lowest BCUT2D eigenvalue weighted by Gasteiger charge is -2.11. The van der Waals surface area contributed by atoms with Crippen LogP contribution >= 0.6 is 0 Å². The van der Waals surface area contributed by atoms with Crippen LogP contribution in [0, 0.1) is 0 Å². The molecule has 0 aromatic heterocycles. The molecule has 1 atom stereocenters. The van der Waals surface area contributed by atoms with Gasteiger partial charge >= 0.3 is 12.1 Å². The van der Waals surface area contributed by atoms with E-state index in [0.29, 0.717) is 13.2 Å². The maximum atomic E-state index is 12.7. The molecule has 1 aliphatic heterocycles. The summed E-state index contributed by atoms with van der Waals surface area (Å²) in [4.78, 5) is 35.8. The summed E-state index contributed by atoms with van der Waals surface area (Å²) in [5.74, 6) is -1.54. The first-order valence-corrected chi connectivity index (χ1v) is 10.5. The van der Waals surface area contributed by atoms with Gasteiger partial charge in [0.2, 0.25) is 0 Å². The standard InChI is InChI=1S/C23H23F3N2O6/c24-23(25,26)16-3-1-4-17(11-16)28-21(30)14-33-18-8-6-15(7-9-18)22(31)34-13-20(29)27-12-19-5-2-10-32-19/h1,3-4,6-9,11,19H,2,5,10,12-14H2,(H,27,29)(H,28,30)/t19-/m0/s1. The Hall–Kier alpha value is -3.60. The van der Waals surface area contributed by atoms with Gasteiger partial charge in [0.15, 0.2) is 13.2 Å². The average Bonchev–Trinajstić information content (AvgIpc) is 3.33. The van der Waals surface area contributed by atoms with E-state index in [1.807, 2.05) is 0 Å². The minimum Gasteiger partial charge on any atom is -0.484 e. The van der Waals surface area contributed by atoms with Gasteiger partial charge in [0, 0.05) is 18.8 Å². The molecule has 2 aromatic carbocycles. The zero-order chi connectivity index (χ0) is 24.6. The fourth-order valence-electron chi connectivity index (χ4n) is 3.10. The zero-order valence-electron chi connectivity index (χ0n) is 18.0. The number of rotatable bonds is 9. The summed E-state index contributed by atoms with van der Waals surface area (Å²) in [6, 6.07) is 9.87. The third-order valence-corrected chi connectivity index (χ3v) is 4.82. The number of anilines is 1. The SMILES string of the molecule is O=C(COC(=O)c1ccc(OCC(=O)Nc2cccc(C(F)(F)F)c2)cc1)NC[C@@H]1CCCO1. The summed E-state index contributed by atoms with van der Waals surface area (Å²) in [5.41, 5.74) is -0.719. The summed E-state index contributed by atoms with van der Waals surface area (Å²) in [5, 5.41) is 4.97. The van der Waals surface area contributed by atoms with Gasteiger partial charge in [-0.25, -0.2) is 4.79 Å². The second-order valence-electron chi connectivity index (χ2n) is 7.46. The van der Waals surface area contributed by atoms with E-state index in [1.165, 1.54) is 36.4 Å². The summed E-state index contributed by atoms with van der Waals surface area (Å²) in [6.07, 6.45) is -2.70. The lowest BCUT2D eigenvalue weighted by atomic mass is 10.2. The topological polar surface area (TPSA) is 103 Å². The molecule has 2 N–H and O–H groups in total.